The molecule has 0 aliphatic carbocycles. The fourth-order valence-electron chi connectivity index (χ4n) is 3.04. The van der Waals surface area contributed by atoms with Crippen LogP contribution in [0.1, 0.15) is 42.6 Å². The number of nitrogens with one attached hydrogen (secondary N) is 1. The van der Waals surface area contributed by atoms with Crippen molar-refractivity contribution >= 4 is 46.7 Å². The summed E-state index contributed by atoms with van der Waals surface area (Å²) in [4.78, 5) is 38.3. The third-order valence-corrected chi connectivity index (χ3v) is 5.06. The standard InChI is InChI=1S/C23H20Cl2N2O5/c1-13-20(23(30)31-3)11-19(32-13)12-27(2)22(29)14-4-6-18(7-5-14)26-21(28)15-8-16(24)10-17(25)9-15/h4-11H,12H2,1-3H3,(H,26,28). The summed E-state index contributed by atoms with van der Waals surface area (Å²) >= 11 is 11.9. The Bertz CT molecular complexity index is 1150. The minimum atomic E-state index is -0.496. The smallest absolute Gasteiger partial charge is 0.341 e. The molecule has 0 radical (unpaired) electrons. The van der Waals surface area contributed by atoms with Crippen molar-refractivity contribution in [3.63, 3.8) is 0 Å². The molecule has 0 bridgehead atoms. The van der Waals surface area contributed by atoms with Crippen molar-refractivity contribution in [2.24, 2.45) is 0 Å². The van der Waals surface area contributed by atoms with Gasteiger partial charge in [0.15, 0.2) is 0 Å². The molecule has 166 valence electrons. The Morgan fingerprint density at radius 1 is 1.00 bits per heavy atom. The van der Waals surface area contributed by atoms with E-state index < -0.39 is 5.97 Å². The summed E-state index contributed by atoms with van der Waals surface area (Å²) in [6.07, 6.45) is 0. The van der Waals surface area contributed by atoms with Gasteiger partial charge in [-0.1, -0.05) is 23.2 Å². The molecular weight excluding hydrogens is 455 g/mol. The number of methoxy groups -OCH3 is 1. The minimum absolute atomic E-state index is 0.171. The van der Waals surface area contributed by atoms with Gasteiger partial charge in [0, 0.05) is 33.9 Å². The van der Waals surface area contributed by atoms with Crippen LogP contribution in [-0.2, 0) is 11.3 Å². The van der Waals surface area contributed by atoms with E-state index in [9.17, 15) is 14.4 Å². The Labute approximate surface area is 194 Å². The van der Waals surface area contributed by atoms with Gasteiger partial charge in [-0.15, -0.1) is 0 Å². The fourth-order valence-corrected chi connectivity index (χ4v) is 3.57. The van der Waals surface area contributed by atoms with Gasteiger partial charge in [0.05, 0.1) is 13.7 Å². The molecule has 0 fully saturated rings. The fraction of sp³-hybridized carbons (Fsp3) is 0.174. The zero-order chi connectivity index (χ0) is 23.4. The zero-order valence-corrected chi connectivity index (χ0v) is 19.1. The first-order valence-electron chi connectivity index (χ1n) is 9.48. The number of rotatable bonds is 6. The summed E-state index contributed by atoms with van der Waals surface area (Å²) < 4.78 is 10.3. The second kappa shape index (κ2) is 9.89. The molecule has 7 nitrogen and oxygen atoms in total. The van der Waals surface area contributed by atoms with E-state index in [1.807, 2.05) is 0 Å². The molecule has 0 aliphatic heterocycles. The van der Waals surface area contributed by atoms with Gasteiger partial charge in [-0.05, 0) is 55.5 Å². The lowest BCUT2D eigenvalue weighted by atomic mass is 10.1. The average Bonchev–Trinajstić information content (AvgIpc) is 3.12. The predicted molar refractivity (Wildman–Crippen MR) is 121 cm³/mol. The molecule has 3 rings (SSSR count). The van der Waals surface area contributed by atoms with Crippen molar-refractivity contribution in [3.05, 3.63) is 86.8 Å². The lowest BCUT2D eigenvalue weighted by molar-refractivity contribution is 0.0598. The highest BCUT2D eigenvalue weighted by molar-refractivity contribution is 6.35. The first-order chi connectivity index (χ1) is 15.2. The van der Waals surface area contributed by atoms with Crippen molar-refractivity contribution in [2.45, 2.75) is 13.5 Å². The van der Waals surface area contributed by atoms with Gasteiger partial charge in [-0.25, -0.2) is 4.79 Å². The van der Waals surface area contributed by atoms with Crippen LogP contribution in [0.25, 0.3) is 0 Å². The van der Waals surface area contributed by atoms with Gasteiger partial charge in [-0.3, -0.25) is 9.59 Å². The van der Waals surface area contributed by atoms with Crippen molar-refractivity contribution in [1.82, 2.24) is 4.90 Å². The molecule has 1 N–H and O–H groups in total. The van der Waals surface area contributed by atoms with Crippen LogP contribution in [0.15, 0.2) is 52.9 Å². The molecule has 0 spiro atoms. The van der Waals surface area contributed by atoms with E-state index in [1.54, 1.807) is 44.3 Å². The number of anilines is 1. The van der Waals surface area contributed by atoms with Crippen molar-refractivity contribution < 1.29 is 23.5 Å². The number of aryl methyl sites for hydroxylation is 1. The molecule has 0 unspecified atom stereocenters. The van der Waals surface area contributed by atoms with E-state index in [-0.39, 0.29) is 18.4 Å². The number of amides is 2. The number of halogens is 2. The molecule has 1 aromatic heterocycles. The van der Waals surface area contributed by atoms with Crippen LogP contribution in [0, 0.1) is 6.92 Å². The summed E-state index contributed by atoms with van der Waals surface area (Å²) in [6, 6.07) is 12.6. The van der Waals surface area contributed by atoms with Crippen molar-refractivity contribution in [1.29, 1.82) is 0 Å². The molecule has 0 saturated heterocycles. The lowest BCUT2D eigenvalue weighted by Gasteiger charge is -2.16. The highest BCUT2D eigenvalue weighted by Gasteiger charge is 2.19. The van der Waals surface area contributed by atoms with Gasteiger partial charge in [-0.2, -0.15) is 0 Å². The Balaban J connectivity index is 1.65. The minimum Gasteiger partial charge on any atom is -0.465 e. The van der Waals surface area contributed by atoms with Crippen LogP contribution >= 0.6 is 23.2 Å². The molecule has 2 amide bonds. The summed E-state index contributed by atoms with van der Waals surface area (Å²) in [5, 5.41) is 3.45. The van der Waals surface area contributed by atoms with E-state index in [2.05, 4.69) is 5.32 Å². The van der Waals surface area contributed by atoms with Gasteiger partial charge in [0.1, 0.15) is 17.1 Å². The molecule has 9 heteroatoms. The van der Waals surface area contributed by atoms with Gasteiger partial charge < -0.3 is 19.4 Å². The average molecular weight is 475 g/mol. The Morgan fingerprint density at radius 3 is 2.22 bits per heavy atom. The molecule has 0 atom stereocenters. The third kappa shape index (κ3) is 5.49. The van der Waals surface area contributed by atoms with Gasteiger partial charge in [0.2, 0.25) is 0 Å². The molecule has 1 heterocycles. The van der Waals surface area contributed by atoms with Crippen molar-refractivity contribution in [3.8, 4) is 0 Å². The van der Waals surface area contributed by atoms with E-state index in [0.717, 1.165) is 0 Å². The number of furan rings is 1. The van der Waals surface area contributed by atoms with E-state index in [1.165, 1.54) is 30.2 Å². The second-order valence-electron chi connectivity index (χ2n) is 7.02. The molecule has 0 saturated carbocycles. The Kier molecular flexibility index (Phi) is 7.22. The van der Waals surface area contributed by atoms with E-state index >= 15 is 0 Å². The monoisotopic (exact) mass is 474 g/mol. The summed E-state index contributed by atoms with van der Waals surface area (Å²) in [5.74, 6) is -0.237. The number of carbonyl (C=O) groups excluding carboxylic acids is 3. The maximum atomic E-state index is 12.7. The van der Waals surface area contributed by atoms with Gasteiger partial charge >= 0.3 is 5.97 Å². The van der Waals surface area contributed by atoms with Crippen LogP contribution in [-0.4, -0.2) is 36.8 Å². The zero-order valence-electron chi connectivity index (χ0n) is 17.6. The number of hydrogen-bond donors (Lipinski definition) is 1. The quantitative estimate of drug-likeness (QED) is 0.495. The molecule has 3 aromatic rings. The van der Waals surface area contributed by atoms with E-state index in [0.29, 0.717) is 43.9 Å². The maximum absolute atomic E-state index is 12.7. The number of benzene rings is 2. The maximum Gasteiger partial charge on any atom is 0.341 e. The van der Waals surface area contributed by atoms with Gasteiger partial charge in [0.25, 0.3) is 11.8 Å². The number of nitrogens with zero attached hydrogens (tertiary/aromatic N) is 1. The number of esters is 1. The summed E-state index contributed by atoms with van der Waals surface area (Å²) in [6.45, 7) is 1.83. The second-order valence-corrected chi connectivity index (χ2v) is 7.90. The van der Waals surface area contributed by atoms with Crippen LogP contribution in [0.2, 0.25) is 10.0 Å². The van der Waals surface area contributed by atoms with Crippen LogP contribution in [0.5, 0.6) is 0 Å². The van der Waals surface area contributed by atoms with Crippen molar-refractivity contribution in [2.75, 3.05) is 19.5 Å². The highest BCUT2D eigenvalue weighted by Crippen LogP contribution is 2.21. The molecule has 32 heavy (non-hydrogen) atoms. The van der Waals surface area contributed by atoms with Crippen LogP contribution < -0.4 is 5.32 Å². The number of hydrogen-bond acceptors (Lipinski definition) is 5. The summed E-state index contributed by atoms with van der Waals surface area (Å²) in [7, 11) is 2.91. The third-order valence-electron chi connectivity index (χ3n) is 4.63. The van der Waals surface area contributed by atoms with Crippen LogP contribution in [0.4, 0.5) is 5.69 Å². The van der Waals surface area contributed by atoms with E-state index in [4.69, 9.17) is 32.4 Å². The summed E-state index contributed by atoms with van der Waals surface area (Å²) in [5.41, 5.74) is 1.58. The number of carbonyl (C=O) groups is 3. The lowest BCUT2D eigenvalue weighted by Crippen LogP contribution is -2.26. The first kappa shape index (κ1) is 23.4. The molecule has 0 aliphatic rings. The van der Waals surface area contributed by atoms with Crippen LogP contribution in [0.3, 0.4) is 0 Å². The predicted octanol–water partition coefficient (Wildman–Crippen LogP) is 5.21. The largest absolute Gasteiger partial charge is 0.465 e. The Morgan fingerprint density at radius 2 is 1.62 bits per heavy atom. The first-order valence-corrected chi connectivity index (χ1v) is 10.2. The molecular formula is C23H20Cl2N2O5. The Hall–Kier alpha value is -3.29. The number of ether oxygens (including phenoxy) is 1. The highest BCUT2D eigenvalue weighted by atomic mass is 35.5. The molecule has 2 aromatic carbocycles. The normalized spacial score (nSPS) is 10.5. The SMILES string of the molecule is COC(=O)c1cc(CN(C)C(=O)c2ccc(NC(=O)c3cc(Cl)cc(Cl)c3)cc2)oc1C. The topological polar surface area (TPSA) is 88.9 Å².